The molecule has 0 saturated heterocycles. The number of carbonyl (C=O) groups excluding carboxylic acids is 2. The van der Waals surface area contributed by atoms with Gasteiger partial charge in [-0.3, -0.25) is 29.0 Å². The average Bonchev–Trinajstić information content (AvgIpc) is 2.65. The van der Waals surface area contributed by atoms with Crippen molar-refractivity contribution in [2.24, 2.45) is 23.3 Å². The van der Waals surface area contributed by atoms with E-state index < -0.39 is 87.2 Å². The van der Waals surface area contributed by atoms with Crippen molar-refractivity contribution < 1.29 is 49.8 Å². The molecule has 0 aliphatic rings. The van der Waals surface area contributed by atoms with Crippen LogP contribution in [0.25, 0.3) is 0 Å². The van der Waals surface area contributed by atoms with Crippen molar-refractivity contribution in [2.45, 2.75) is 12.1 Å². The molecule has 0 rings (SSSR count). The van der Waals surface area contributed by atoms with Crippen LogP contribution in [0.5, 0.6) is 0 Å². The molecule has 0 aliphatic carbocycles. The highest BCUT2D eigenvalue weighted by molar-refractivity contribution is 5.82. The lowest BCUT2D eigenvalue weighted by Gasteiger charge is -2.36. The summed E-state index contributed by atoms with van der Waals surface area (Å²) in [5, 5.41) is 55.8. The van der Waals surface area contributed by atoms with E-state index in [0.717, 1.165) is 9.80 Å². The Kier molecular flexibility index (Phi) is 12.7. The van der Waals surface area contributed by atoms with Gasteiger partial charge in [0.2, 0.25) is 11.8 Å². The molecule has 0 bridgehead atoms. The minimum absolute atomic E-state index is 0.322. The van der Waals surface area contributed by atoms with Crippen molar-refractivity contribution in [1.82, 2.24) is 9.80 Å². The molecule has 0 fully saturated rings. The molecule has 0 aromatic heterocycles. The molecule has 30 heavy (non-hydrogen) atoms. The zero-order valence-corrected chi connectivity index (χ0v) is 16.3. The van der Waals surface area contributed by atoms with Gasteiger partial charge in [-0.05, 0) is 0 Å². The van der Waals surface area contributed by atoms with Crippen LogP contribution in [0, 0.1) is 11.8 Å². The quantitative estimate of drug-likeness (QED) is 0.106. The molecule has 14 nitrogen and oxygen atoms in total. The zero-order valence-electron chi connectivity index (χ0n) is 16.3. The summed E-state index contributed by atoms with van der Waals surface area (Å²) >= 11 is 0. The third-order valence-corrected chi connectivity index (χ3v) is 4.55. The van der Waals surface area contributed by atoms with E-state index in [1.807, 2.05) is 0 Å². The number of aliphatic carboxylic acids is 2. The Hall–Kier alpha value is -2.36. The number of nitrogens with zero attached hydrogens (tertiary/aromatic N) is 2. The fourth-order valence-corrected chi connectivity index (χ4v) is 3.17. The second kappa shape index (κ2) is 13.8. The SMILES string of the molecule is NC(=O)C(C(CO)CO)N(CCN(CC(=O)O)C(C(N)=O)C(CO)CO)CC(=O)O. The molecule has 2 unspecified atom stereocenters. The number of carboxylic acids is 2. The van der Waals surface area contributed by atoms with Gasteiger partial charge in [0.25, 0.3) is 0 Å². The molecule has 0 aromatic rings. The summed E-state index contributed by atoms with van der Waals surface area (Å²) in [7, 11) is 0. The van der Waals surface area contributed by atoms with E-state index in [1.54, 1.807) is 0 Å². The molecule has 2 amide bonds. The molecule has 174 valence electrons. The minimum atomic E-state index is -1.40. The van der Waals surface area contributed by atoms with Crippen molar-refractivity contribution in [2.75, 3.05) is 52.6 Å². The van der Waals surface area contributed by atoms with Crippen molar-refractivity contribution in [3.05, 3.63) is 0 Å². The van der Waals surface area contributed by atoms with Crippen LogP contribution >= 0.6 is 0 Å². The van der Waals surface area contributed by atoms with Crippen LogP contribution in [-0.4, -0.2) is 129 Å². The van der Waals surface area contributed by atoms with E-state index in [-0.39, 0.29) is 13.1 Å². The summed E-state index contributed by atoms with van der Waals surface area (Å²) in [5.74, 6) is -6.99. The van der Waals surface area contributed by atoms with E-state index >= 15 is 0 Å². The van der Waals surface area contributed by atoms with Crippen molar-refractivity contribution in [3.63, 3.8) is 0 Å². The molecular formula is C16H30N4O10. The minimum Gasteiger partial charge on any atom is -0.480 e. The van der Waals surface area contributed by atoms with E-state index in [9.17, 15) is 39.6 Å². The number of hydrogen-bond donors (Lipinski definition) is 8. The topological polar surface area (TPSA) is 248 Å². The summed E-state index contributed by atoms with van der Waals surface area (Å²) in [6.07, 6.45) is 0. The van der Waals surface area contributed by atoms with Crippen LogP contribution in [0.1, 0.15) is 0 Å². The predicted molar refractivity (Wildman–Crippen MR) is 99.7 cm³/mol. The predicted octanol–water partition coefficient (Wildman–Crippen LogP) is -5.33. The molecule has 0 heterocycles. The molecule has 14 heteroatoms. The van der Waals surface area contributed by atoms with Crippen molar-refractivity contribution in [1.29, 1.82) is 0 Å². The highest BCUT2D eigenvalue weighted by atomic mass is 16.4. The standard InChI is InChI=1S/C16H30N4O10/c17-15(29)13(9(5-21)6-22)19(3-11(25)26)1-2-20(4-12(27)28)14(16(18)30)10(7-23)8-24/h9-10,13-14,21-24H,1-8H2,(H2,17,29)(H2,18,30)(H,25,26)(H,27,28). The Bertz CT molecular complexity index is 532. The second-order valence-electron chi connectivity index (χ2n) is 6.67. The summed E-state index contributed by atoms with van der Waals surface area (Å²) < 4.78 is 0. The molecule has 0 spiro atoms. The first kappa shape index (κ1) is 27.6. The van der Waals surface area contributed by atoms with Gasteiger partial charge in [-0.15, -0.1) is 0 Å². The van der Waals surface area contributed by atoms with Gasteiger partial charge in [0.05, 0.1) is 51.6 Å². The van der Waals surface area contributed by atoms with Gasteiger partial charge >= 0.3 is 11.9 Å². The number of carboxylic acid groups (broad SMARTS) is 2. The summed E-state index contributed by atoms with van der Waals surface area (Å²) in [6, 6.07) is -2.80. The number of primary amides is 2. The van der Waals surface area contributed by atoms with E-state index in [1.165, 1.54) is 0 Å². The number of aliphatic hydroxyl groups is 4. The monoisotopic (exact) mass is 438 g/mol. The number of rotatable bonds is 17. The van der Waals surface area contributed by atoms with Gasteiger partial charge in [0.15, 0.2) is 0 Å². The van der Waals surface area contributed by atoms with Gasteiger partial charge in [-0.2, -0.15) is 0 Å². The summed E-state index contributed by atoms with van der Waals surface area (Å²) in [4.78, 5) is 48.2. The second-order valence-corrected chi connectivity index (χ2v) is 6.67. The lowest BCUT2D eigenvalue weighted by Crippen LogP contribution is -2.58. The molecule has 0 aliphatic heterocycles. The van der Waals surface area contributed by atoms with Gasteiger partial charge in [-0.1, -0.05) is 0 Å². The number of nitrogens with two attached hydrogens (primary N) is 2. The van der Waals surface area contributed by atoms with Crippen LogP contribution < -0.4 is 11.5 Å². The smallest absolute Gasteiger partial charge is 0.317 e. The Labute approximate surface area is 172 Å². The number of carbonyl (C=O) groups is 4. The van der Waals surface area contributed by atoms with Gasteiger partial charge in [0, 0.05) is 24.9 Å². The maximum absolute atomic E-state index is 11.9. The molecule has 10 N–H and O–H groups in total. The maximum Gasteiger partial charge on any atom is 0.317 e. The number of aliphatic hydroxyl groups excluding tert-OH is 4. The third-order valence-electron chi connectivity index (χ3n) is 4.55. The van der Waals surface area contributed by atoms with Crippen molar-refractivity contribution in [3.8, 4) is 0 Å². The first-order chi connectivity index (χ1) is 14.0. The number of hydrogen-bond acceptors (Lipinski definition) is 10. The lowest BCUT2D eigenvalue weighted by atomic mass is 9.98. The third kappa shape index (κ3) is 8.56. The first-order valence-electron chi connectivity index (χ1n) is 8.97. The van der Waals surface area contributed by atoms with Crippen LogP contribution in [0.3, 0.4) is 0 Å². The molecule has 2 atom stereocenters. The number of amides is 2. The Balaban J connectivity index is 5.85. The van der Waals surface area contributed by atoms with Gasteiger partial charge in [0.1, 0.15) is 0 Å². The first-order valence-corrected chi connectivity index (χ1v) is 8.97. The fourth-order valence-electron chi connectivity index (χ4n) is 3.17. The van der Waals surface area contributed by atoms with Crippen molar-refractivity contribution >= 4 is 23.8 Å². The largest absolute Gasteiger partial charge is 0.480 e. The van der Waals surface area contributed by atoms with Gasteiger partial charge in [-0.25, -0.2) is 0 Å². The van der Waals surface area contributed by atoms with Gasteiger partial charge < -0.3 is 42.1 Å². The van der Waals surface area contributed by atoms with E-state index in [0.29, 0.717) is 0 Å². The normalized spacial score (nSPS) is 13.7. The molecular weight excluding hydrogens is 408 g/mol. The summed E-state index contributed by atoms with van der Waals surface area (Å²) in [5.41, 5.74) is 10.6. The van der Waals surface area contributed by atoms with Crippen LogP contribution in [-0.2, 0) is 19.2 Å². The Morgan fingerprint density at radius 3 is 1.07 bits per heavy atom. The van der Waals surface area contributed by atoms with E-state index in [4.69, 9.17) is 21.7 Å². The Morgan fingerprint density at radius 2 is 0.900 bits per heavy atom. The van der Waals surface area contributed by atoms with Crippen LogP contribution in [0.2, 0.25) is 0 Å². The highest BCUT2D eigenvalue weighted by Crippen LogP contribution is 2.15. The van der Waals surface area contributed by atoms with E-state index in [2.05, 4.69) is 0 Å². The fraction of sp³-hybridized carbons (Fsp3) is 0.750. The average molecular weight is 438 g/mol. The highest BCUT2D eigenvalue weighted by Gasteiger charge is 2.36. The molecule has 0 radical (unpaired) electrons. The molecule has 0 aromatic carbocycles. The molecule has 0 saturated carbocycles. The summed E-state index contributed by atoms with van der Waals surface area (Å²) in [6.45, 7) is -4.85. The zero-order chi connectivity index (χ0) is 23.4. The lowest BCUT2D eigenvalue weighted by molar-refractivity contribution is -0.144. The van der Waals surface area contributed by atoms with Crippen LogP contribution in [0.4, 0.5) is 0 Å². The van der Waals surface area contributed by atoms with Crippen LogP contribution in [0.15, 0.2) is 0 Å². The maximum atomic E-state index is 11.9. The Morgan fingerprint density at radius 1 is 0.633 bits per heavy atom.